The third-order valence-corrected chi connectivity index (χ3v) is 4.29. The van der Waals surface area contributed by atoms with E-state index in [0.29, 0.717) is 23.9 Å². The quantitative estimate of drug-likeness (QED) is 0.756. The Morgan fingerprint density at radius 3 is 2.96 bits per heavy atom. The Labute approximate surface area is 152 Å². The molecular weight excluding hydrogens is 336 g/mol. The number of hydrogen-bond acceptors (Lipinski definition) is 6. The SMILES string of the molecule is COc1cc(C)ccc1OCc1nc(C(=O)N(C)C[C@@H]2CCCO2)co1. The van der Waals surface area contributed by atoms with E-state index >= 15 is 0 Å². The first-order valence-corrected chi connectivity index (χ1v) is 8.65. The van der Waals surface area contributed by atoms with Gasteiger partial charge in [-0.05, 0) is 37.5 Å². The van der Waals surface area contributed by atoms with Crippen LogP contribution in [-0.2, 0) is 11.3 Å². The Balaban J connectivity index is 1.58. The molecule has 0 unspecified atom stereocenters. The average molecular weight is 360 g/mol. The van der Waals surface area contributed by atoms with Crippen molar-refractivity contribution in [2.75, 3.05) is 27.3 Å². The van der Waals surface area contributed by atoms with Gasteiger partial charge >= 0.3 is 0 Å². The number of aryl methyl sites for hydroxylation is 1. The number of oxazole rings is 1. The summed E-state index contributed by atoms with van der Waals surface area (Å²) in [6.45, 7) is 3.41. The molecule has 1 aromatic carbocycles. The van der Waals surface area contributed by atoms with Crippen molar-refractivity contribution < 1.29 is 23.4 Å². The summed E-state index contributed by atoms with van der Waals surface area (Å²) in [6, 6.07) is 5.65. The van der Waals surface area contributed by atoms with E-state index in [1.54, 1.807) is 19.1 Å². The van der Waals surface area contributed by atoms with Crippen molar-refractivity contribution in [2.45, 2.75) is 32.5 Å². The van der Waals surface area contributed by atoms with Gasteiger partial charge in [-0.25, -0.2) is 4.98 Å². The third-order valence-electron chi connectivity index (χ3n) is 4.29. The highest BCUT2D eigenvalue weighted by atomic mass is 16.5. The normalized spacial score (nSPS) is 16.5. The molecule has 1 aliphatic rings. The molecule has 0 bridgehead atoms. The number of hydrogen-bond donors (Lipinski definition) is 0. The lowest BCUT2D eigenvalue weighted by molar-refractivity contribution is 0.0582. The summed E-state index contributed by atoms with van der Waals surface area (Å²) in [5.74, 6) is 1.38. The molecule has 1 aliphatic heterocycles. The molecule has 0 N–H and O–H groups in total. The molecule has 140 valence electrons. The minimum absolute atomic E-state index is 0.104. The average Bonchev–Trinajstić information content (AvgIpc) is 3.31. The number of aromatic nitrogens is 1. The van der Waals surface area contributed by atoms with E-state index < -0.39 is 0 Å². The lowest BCUT2D eigenvalue weighted by atomic mass is 10.2. The van der Waals surface area contributed by atoms with Crippen molar-refractivity contribution in [3.63, 3.8) is 0 Å². The van der Waals surface area contributed by atoms with Gasteiger partial charge in [-0.2, -0.15) is 0 Å². The van der Waals surface area contributed by atoms with Crippen LogP contribution in [0.3, 0.4) is 0 Å². The molecule has 1 atom stereocenters. The first kappa shape index (κ1) is 18.3. The fourth-order valence-electron chi connectivity index (χ4n) is 2.88. The molecule has 0 spiro atoms. The van der Waals surface area contributed by atoms with Crippen molar-refractivity contribution in [1.29, 1.82) is 0 Å². The first-order chi connectivity index (χ1) is 12.6. The van der Waals surface area contributed by atoms with Crippen LogP contribution in [-0.4, -0.2) is 49.2 Å². The number of ether oxygens (including phenoxy) is 3. The minimum atomic E-state index is -0.191. The van der Waals surface area contributed by atoms with Gasteiger partial charge in [0.15, 0.2) is 23.8 Å². The van der Waals surface area contributed by atoms with Gasteiger partial charge in [-0.3, -0.25) is 4.79 Å². The van der Waals surface area contributed by atoms with Gasteiger partial charge < -0.3 is 23.5 Å². The van der Waals surface area contributed by atoms with Crippen LogP contribution in [0.1, 0.15) is 34.8 Å². The maximum atomic E-state index is 12.4. The van der Waals surface area contributed by atoms with Gasteiger partial charge in [0.05, 0.1) is 13.2 Å². The molecule has 0 aliphatic carbocycles. The molecule has 1 saturated heterocycles. The van der Waals surface area contributed by atoms with Crippen LogP contribution in [0.2, 0.25) is 0 Å². The number of likely N-dealkylation sites (N-methyl/N-ethyl adjacent to an activating group) is 1. The van der Waals surface area contributed by atoms with Gasteiger partial charge in [-0.1, -0.05) is 6.07 Å². The van der Waals surface area contributed by atoms with Crippen molar-refractivity contribution in [2.24, 2.45) is 0 Å². The second kappa shape index (κ2) is 8.23. The van der Waals surface area contributed by atoms with Crippen LogP contribution in [0.5, 0.6) is 11.5 Å². The number of nitrogens with zero attached hydrogens (tertiary/aromatic N) is 2. The fourth-order valence-corrected chi connectivity index (χ4v) is 2.88. The highest BCUT2D eigenvalue weighted by Gasteiger charge is 2.23. The molecule has 1 amide bonds. The second-order valence-electron chi connectivity index (χ2n) is 6.39. The van der Waals surface area contributed by atoms with Gasteiger partial charge in [0, 0.05) is 20.2 Å². The predicted molar refractivity (Wildman–Crippen MR) is 94.5 cm³/mol. The maximum absolute atomic E-state index is 12.4. The van der Waals surface area contributed by atoms with Crippen LogP contribution in [0.4, 0.5) is 0 Å². The standard InChI is InChI=1S/C19H24N2O5/c1-13-6-7-16(17(9-13)23-3)25-12-18-20-15(11-26-18)19(22)21(2)10-14-5-4-8-24-14/h6-7,9,11,14H,4-5,8,10,12H2,1-3H3/t14-/m0/s1. The van der Waals surface area contributed by atoms with Crippen LogP contribution in [0.15, 0.2) is 28.9 Å². The van der Waals surface area contributed by atoms with E-state index in [4.69, 9.17) is 18.6 Å². The predicted octanol–water partition coefficient (Wildman–Crippen LogP) is 2.82. The smallest absolute Gasteiger partial charge is 0.275 e. The monoisotopic (exact) mass is 360 g/mol. The lowest BCUT2D eigenvalue weighted by Crippen LogP contribution is -2.34. The molecular formula is C19H24N2O5. The van der Waals surface area contributed by atoms with Crippen molar-refractivity contribution in [1.82, 2.24) is 9.88 Å². The summed E-state index contributed by atoms with van der Waals surface area (Å²) in [5, 5.41) is 0. The molecule has 0 radical (unpaired) electrons. The molecule has 2 aromatic rings. The van der Waals surface area contributed by atoms with Gasteiger partial charge in [0.25, 0.3) is 5.91 Å². The molecule has 0 saturated carbocycles. The van der Waals surface area contributed by atoms with Crippen molar-refractivity contribution in [3.05, 3.63) is 41.6 Å². The Kier molecular flexibility index (Phi) is 5.78. The van der Waals surface area contributed by atoms with E-state index in [9.17, 15) is 4.79 Å². The Hall–Kier alpha value is -2.54. The fraction of sp³-hybridized carbons (Fsp3) is 0.474. The maximum Gasteiger partial charge on any atom is 0.275 e. The largest absolute Gasteiger partial charge is 0.493 e. The van der Waals surface area contributed by atoms with Crippen LogP contribution < -0.4 is 9.47 Å². The third kappa shape index (κ3) is 4.35. The number of rotatable bonds is 7. The van der Waals surface area contributed by atoms with E-state index in [0.717, 1.165) is 25.0 Å². The molecule has 1 fully saturated rings. The van der Waals surface area contributed by atoms with E-state index in [1.165, 1.54) is 6.26 Å². The molecule has 1 aromatic heterocycles. The molecule has 7 nitrogen and oxygen atoms in total. The second-order valence-corrected chi connectivity index (χ2v) is 6.39. The van der Waals surface area contributed by atoms with Crippen LogP contribution in [0, 0.1) is 6.92 Å². The summed E-state index contributed by atoms with van der Waals surface area (Å²) in [7, 11) is 3.33. The molecule has 3 rings (SSSR count). The van der Waals surface area contributed by atoms with Gasteiger partial charge in [0.2, 0.25) is 5.89 Å². The highest BCUT2D eigenvalue weighted by molar-refractivity contribution is 5.91. The van der Waals surface area contributed by atoms with Gasteiger partial charge in [0.1, 0.15) is 6.26 Å². The van der Waals surface area contributed by atoms with Crippen LogP contribution in [0.25, 0.3) is 0 Å². The van der Waals surface area contributed by atoms with Crippen LogP contribution >= 0.6 is 0 Å². The Morgan fingerprint density at radius 1 is 1.38 bits per heavy atom. The van der Waals surface area contributed by atoms with Crippen molar-refractivity contribution >= 4 is 5.91 Å². The summed E-state index contributed by atoms with van der Waals surface area (Å²) < 4.78 is 21.9. The molecule has 26 heavy (non-hydrogen) atoms. The van der Waals surface area contributed by atoms with E-state index in [1.807, 2.05) is 25.1 Å². The summed E-state index contributed by atoms with van der Waals surface area (Å²) >= 11 is 0. The molecule has 2 heterocycles. The number of amides is 1. The Bertz CT molecular complexity index is 752. The molecule has 7 heteroatoms. The summed E-state index contributed by atoms with van der Waals surface area (Å²) in [4.78, 5) is 18.3. The van der Waals surface area contributed by atoms with E-state index in [-0.39, 0.29) is 24.3 Å². The number of carbonyl (C=O) groups excluding carboxylic acids is 1. The summed E-state index contributed by atoms with van der Waals surface area (Å²) in [6.07, 6.45) is 3.49. The minimum Gasteiger partial charge on any atom is -0.493 e. The highest BCUT2D eigenvalue weighted by Crippen LogP contribution is 2.28. The lowest BCUT2D eigenvalue weighted by Gasteiger charge is -2.19. The van der Waals surface area contributed by atoms with E-state index in [2.05, 4.69) is 4.98 Å². The number of carbonyl (C=O) groups is 1. The Morgan fingerprint density at radius 2 is 2.23 bits per heavy atom. The zero-order chi connectivity index (χ0) is 18.5. The zero-order valence-corrected chi connectivity index (χ0v) is 15.4. The number of benzene rings is 1. The van der Waals surface area contributed by atoms with Crippen molar-refractivity contribution in [3.8, 4) is 11.5 Å². The first-order valence-electron chi connectivity index (χ1n) is 8.65. The number of methoxy groups -OCH3 is 1. The summed E-state index contributed by atoms with van der Waals surface area (Å²) in [5.41, 5.74) is 1.34. The zero-order valence-electron chi connectivity index (χ0n) is 15.4. The topological polar surface area (TPSA) is 74.0 Å². The van der Waals surface area contributed by atoms with Gasteiger partial charge in [-0.15, -0.1) is 0 Å².